The van der Waals surface area contributed by atoms with Gasteiger partial charge in [-0.2, -0.15) is 6.42 Å². The number of hydrogen-bond donors (Lipinski definition) is 0. The smallest absolute Gasteiger partial charge is 0.369 e. The summed E-state index contributed by atoms with van der Waals surface area (Å²) in [6, 6.07) is 17.5. The molecule has 0 aromatic heterocycles. The second kappa shape index (κ2) is 30.8. The molecule has 0 unspecified atom stereocenters. The van der Waals surface area contributed by atoms with E-state index < -0.39 is 16.1 Å². The molecule has 2 fully saturated rings. The summed E-state index contributed by atoms with van der Waals surface area (Å²) >= 11 is 3.49. The van der Waals surface area contributed by atoms with Crippen molar-refractivity contribution < 1.29 is 18.9 Å². The quantitative estimate of drug-likeness (QED) is 0.0974. The van der Waals surface area contributed by atoms with E-state index in [1.54, 1.807) is 0 Å². The molecule has 4 rings (SSSR count). The van der Waals surface area contributed by atoms with Gasteiger partial charge < -0.3 is 16.7 Å². The molecule has 8 heteroatoms. The number of halogens is 1. The van der Waals surface area contributed by atoms with Crippen LogP contribution in [0.1, 0.15) is 85.1 Å². The summed E-state index contributed by atoms with van der Waals surface area (Å²) in [5.74, 6) is 3.34. The molecular formula is C45H78BrLiN4Si2. The summed E-state index contributed by atoms with van der Waals surface area (Å²) in [5, 5.41) is 0. The van der Waals surface area contributed by atoms with Crippen LogP contribution in [0, 0.1) is 30.4 Å². The topological polar surface area (TPSA) is 13.0 Å². The van der Waals surface area contributed by atoms with Gasteiger partial charge in [-0.15, -0.1) is 17.5 Å². The molecule has 0 radical (unpaired) electrons. The first-order chi connectivity index (χ1) is 24.2. The molecule has 2 saturated heterocycles. The Morgan fingerprint density at radius 2 is 0.981 bits per heavy atom. The molecule has 0 amide bonds. The molecule has 2 aliphatic heterocycles. The minimum absolute atomic E-state index is 0. The molecule has 0 N–H and O–H groups in total. The molecule has 2 heterocycles. The van der Waals surface area contributed by atoms with E-state index in [9.17, 15) is 0 Å². The van der Waals surface area contributed by atoms with Crippen LogP contribution in [0.4, 0.5) is 11.4 Å². The number of rotatable bonds is 11. The number of benzene rings is 2. The summed E-state index contributed by atoms with van der Waals surface area (Å²) in [5.41, 5.74) is 10.0. The zero-order valence-corrected chi connectivity index (χ0v) is 38.9. The van der Waals surface area contributed by atoms with E-state index in [-0.39, 0.29) is 26.3 Å². The van der Waals surface area contributed by atoms with Gasteiger partial charge in [0, 0.05) is 73.8 Å². The Balaban J connectivity index is 0. The fraction of sp³-hybridized carbons (Fsp3) is 0.622. The Morgan fingerprint density at radius 3 is 1.28 bits per heavy atom. The van der Waals surface area contributed by atoms with Crippen LogP contribution >= 0.6 is 15.9 Å². The first-order valence-corrected chi connectivity index (χ1v) is 27.6. The molecule has 4 nitrogen and oxygen atoms in total. The van der Waals surface area contributed by atoms with Crippen LogP contribution in [0.15, 0.2) is 53.0 Å². The second-order valence-electron chi connectivity index (χ2n) is 15.8. The van der Waals surface area contributed by atoms with Crippen LogP contribution in [0.2, 0.25) is 39.3 Å². The van der Waals surface area contributed by atoms with E-state index in [4.69, 9.17) is 6.42 Å². The van der Waals surface area contributed by atoms with Gasteiger partial charge >= 0.3 is 18.9 Å². The predicted octanol–water partition coefficient (Wildman–Crippen LogP) is 8.75. The third-order valence-corrected chi connectivity index (χ3v) is 11.0. The van der Waals surface area contributed by atoms with Crippen LogP contribution in [-0.2, 0) is 0 Å². The van der Waals surface area contributed by atoms with Gasteiger partial charge in [-0.25, -0.2) is 0 Å². The van der Waals surface area contributed by atoms with Crippen LogP contribution in [0.25, 0.3) is 0 Å². The van der Waals surface area contributed by atoms with Gasteiger partial charge in [-0.1, -0.05) is 121 Å². The number of hydrogen-bond acceptors (Lipinski definition) is 4. The maximum atomic E-state index is 5.12. The van der Waals surface area contributed by atoms with Crippen molar-refractivity contribution in [1.82, 2.24) is 9.80 Å². The molecular weight excluding hydrogens is 740 g/mol. The van der Waals surface area contributed by atoms with E-state index in [1.165, 1.54) is 95.6 Å². The maximum absolute atomic E-state index is 5.12. The fourth-order valence-electron chi connectivity index (χ4n) is 5.30. The maximum Gasteiger partial charge on any atom is 1.00 e. The van der Waals surface area contributed by atoms with E-state index in [2.05, 4.69) is 168 Å². The van der Waals surface area contributed by atoms with Crippen LogP contribution < -0.4 is 28.7 Å². The Hall–Kier alpha value is -1.41. The predicted molar refractivity (Wildman–Crippen MR) is 246 cm³/mol. The van der Waals surface area contributed by atoms with Gasteiger partial charge in [0.25, 0.3) is 0 Å². The average Bonchev–Trinajstić information content (AvgIpc) is 3.12. The van der Waals surface area contributed by atoms with Crippen molar-refractivity contribution in [2.45, 2.75) is 119 Å². The van der Waals surface area contributed by atoms with E-state index in [0.717, 1.165) is 42.6 Å². The van der Waals surface area contributed by atoms with Crippen molar-refractivity contribution in [1.29, 1.82) is 0 Å². The molecule has 2 aromatic carbocycles. The van der Waals surface area contributed by atoms with Gasteiger partial charge in [0.05, 0.1) is 0 Å². The number of unbranched alkanes of at least 4 members (excludes halogenated alkanes) is 5. The molecule has 2 aromatic rings. The number of terminal acetylenes is 1. The number of piperazine rings is 2. The van der Waals surface area contributed by atoms with Gasteiger partial charge in [0.15, 0.2) is 0 Å². The van der Waals surface area contributed by atoms with Gasteiger partial charge in [-0.05, 0) is 74.5 Å². The molecule has 53 heavy (non-hydrogen) atoms. The standard InChI is InChI=1S/C20H32N2Si.C15H23BrN2.C5H10Si.C4H9.CH4.Li/c1-5-6-7-13-21-14-16-22(17-15-21)20-10-8-19(9-11-20)12-18-23(2,3)4;1-2-3-4-9-17-10-12-18(13-11-17)15-7-5-14(16)6-8-15;1-5-6(2,3)4;1-3-4-2;;/h8-11H,5-7,13-17H2,1-4H3;5-8H,2-4,9-13H2,1H3;1H,2-4H3;1,3-4H2,2H3;1H4;/q;;;-1;;+1. The largest absolute Gasteiger partial charge is 1.00 e. The monoisotopic (exact) mass is 817 g/mol. The molecule has 0 saturated carbocycles. The zero-order valence-electron chi connectivity index (χ0n) is 35.3. The van der Waals surface area contributed by atoms with Crippen molar-refractivity contribution in [3.05, 3.63) is 65.5 Å². The number of anilines is 2. The molecule has 0 bridgehead atoms. The van der Waals surface area contributed by atoms with E-state index in [1.807, 2.05) is 0 Å². The Labute approximate surface area is 353 Å². The van der Waals surface area contributed by atoms with E-state index >= 15 is 0 Å². The summed E-state index contributed by atoms with van der Waals surface area (Å²) < 4.78 is 1.16. The van der Waals surface area contributed by atoms with Crippen molar-refractivity contribution in [2.75, 3.05) is 75.2 Å². The van der Waals surface area contributed by atoms with Crippen LogP contribution in [0.5, 0.6) is 0 Å². The minimum Gasteiger partial charge on any atom is -0.369 e. The third kappa shape index (κ3) is 26.9. The molecule has 0 spiro atoms. The normalized spacial score (nSPS) is 14.5. The molecule has 2 aliphatic rings. The number of nitrogens with zero attached hydrogens (tertiary/aromatic N) is 4. The first-order valence-electron chi connectivity index (χ1n) is 19.9. The van der Waals surface area contributed by atoms with Crippen molar-refractivity contribution in [3.8, 4) is 23.4 Å². The zero-order chi connectivity index (χ0) is 38.1. The molecule has 294 valence electrons. The van der Waals surface area contributed by atoms with Crippen molar-refractivity contribution in [3.63, 3.8) is 0 Å². The van der Waals surface area contributed by atoms with Crippen molar-refractivity contribution in [2.24, 2.45) is 0 Å². The SMILES string of the molecule is C.C#C[Si](C)(C)C.CCCCCN1CCN(c2ccc(Br)cc2)CC1.CCCCCN1CCN(c2ccc(C#C[Si](C)(C)C)cc2)CC1.[CH2-]CCC.[Li+]. The average molecular weight is 818 g/mol. The molecule has 0 aliphatic carbocycles. The second-order valence-corrected chi connectivity index (χ2v) is 26.3. The first kappa shape index (κ1) is 53.7. The van der Waals surface area contributed by atoms with Gasteiger partial charge in [0.1, 0.15) is 16.1 Å². The van der Waals surface area contributed by atoms with Crippen molar-refractivity contribution >= 4 is 43.5 Å². The van der Waals surface area contributed by atoms with Gasteiger partial charge in [0.2, 0.25) is 0 Å². The summed E-state index contributed by atoms with van der Waals surface area (Å²) in [4.78, 5) is 10.2. The summed E-state index contributed by atoms with van der Waals surface area (Å²) in [6.07, 6.45) is 15.5. The van der Waals surface area contributed by atoms with Crippen LogP contribution in [0.3, 0.4) is 0 Å². The minimum atomic E-state index is -1.28. The summed E-state index contributed by atoms with van der Waals surface area (Å²) in [7, 11) is -2.39. The van der Waals surface area contributed by atoms with Gasteiger partial charge in [-0.3, -0.25) is 9.80 Å². The Bertz CT molecular complexity index is 1260. The summed E-state index contributed by atoms with van der Waals surface area (Å²) in [6.45, 7) is 35.5. The fourth-order valence-corrected chi connectivity index (χ4v) is 6.08. The third-order valence-electron chi connectivity index (χ3n) is 8.69. The Kier molecular flexibility index (Phi) is 31.2. The Morgan fingerprint density at radius 1 is 0.623 bits per heavy atom. The molecule has 0 atom stereocenters. The van der Waals surface area contributed by atoms with E-state index in [0.29, 0.717) is 0 Å². The van der Waals surface area contributed by atoms with Crippen LogP contribution in [-0.4, -0.2) is 91.4 Å².